The molecule has 1 aromatic heterocycles. The molecular formula is C9H18ClN3OS. The molecule has 4 N–H and O–H groups in total. The summed E-state index contributed by atoms with van der Waals surface area (Å²) < 4.78 is 0. The Labute approximate surface area is 100 Å². The molecule has 15 heavy (non-hydrogen) atoms. The highest BCUT2D eigenvalue weighted by atomic mass is 35.5. The van der Waals surface area contributed by atoms with E-state index in [4.69, 9.17) is 5.73 Å². The molecule has 1 atom stereocenters. The fourth-order valence-electron chi connectivity index (χ4n) is 1.10. The number of nitrogens with two attached hydrogens (primary N) is 1. The van der Waals surface area contributed by atoms with Gasteiger partial charge < -0.3 is 16.2 Å². The molecule has 4 nitrogen and oxygen atoms in total. The van der Waals surface area contributed by atoms with E-state index in [1.165, 1.54) is 11.3 Å². The minimum atomic E-state index is -0.541. The third-order valence-corrected chi connectivity index (χ3v) is 2.62. The first-order valence-electron chi connectivity index (χ1n) is 4.83. The Morgan fingerprint density at radius 3 is 2.93 bits per heavy atom. The summed E-state index contributed by atoms with van der Waals surface area (Å²) in [5.41, 5.74) is 6.13. The standard InChI is InChI=1S/C9H17N3OS.ClH/c1-2-3-4-11-5-8(13)7-6-14-9(10)12-7;/h6,8,11,13H,2-5H2,1H3,(H2,10,12);1H/t8-;/m0./s1. The lowest BCUT2D eigenvalue weighted by atomic mass is 10.2. The fraction of sp³-hybridized carbons (Fsp3) is 0.667. The molecule has 0 aliphatic rings. The zero-order chi connectivity index (χ0) is 10.4. The van der Waals surface area contributed by atoms with E-state index in [9.17, 15) is 5.11 Å². The number of aromatic nitrogens is 1. The maximum absolute atomic E-state index is 9.66. The van der Waals surface area contributed by atoms with Crippen molar-refractivity contribution in [3.63, 3.8) is 0 Å². The monoisotopic (exact) mass is 251 g/mol. The van der Waals surface area contributed by atoms with E-state index < -0.39 is 6.10 Å². The summed E-state index contributed by atoms with van der Waals surface area (Å²) in [6, 6.07) is 0. The Morgan fingerprint density at radius 1 is 1.67 bits per heavy atom. The second kappa shape index (κ2) is 7.87. The number of anilines is 1. The highest BCUT2D eigenvalue weighted by Gasteiger charge is 2.09. The molecular weight excluding hydrogens is 234 g/mol. The average molecular weight is 252 g/mol. The fourth-order valence-corrected chi connectivity index (χ4v) is 1.71. The number of aliphatic hydroxyl groups excluding tert-OH is 1. The third kappa shape index (κ3) is 5.32. The van der Waals surface area contributed by atoms with Gasteiger partial charge in [0.1, 0.15) is 6.10 Å². The normalized spacial score (nSPS) is 12.1. The van der Waals surface area contributed by atoms with E-state index in [-0.39, 0.29) is 12.4 Å². The van der Waals surface area contributed by atoms with Crippen molar-refractivity contribution in [2.24, 2.45) is 0 Å². The Hall–Kier alpha value is -0.360. The molecule has 0 aliphatic heterocycles. The third-order valence-electron chi connectivity index (χ3n) is 1.93. The van der Waals surface area contributed by atoms with Gasteiger partial charge in [-0.15, -0.1) is 23.7 Å². The van der Waals surface area contributed by atoms with Crippen LogP contribution in [0.5, 0.6) is 0 Å². The molecule has 1 heterocycles. The van der Waals surface area contributed by atoms with Crippen LogP contribution in [0.15, 0.2) is 5.38 Å². The highest BCUT2D eigenvalue weighted by Crippen LogP contribution is 2.17. The number of aliphatic hydroxyl groups is 1. The Bertz CT molecular complexity index is 270. The van der Waals surface area contributed by atoms with Gasteiger partial charge in [0.15, 0.2) is 5.13 Å². The van der Waals surface area contributed by atoms with Gasteiger partial charge in [-0.2, -0.15) is 0 Å². The van der Waals surface area contributed by atoms with Gasteiger partial charge in [0, 0.05) is 11.9 Å². The topological polar surface area (TPSA) is 71.2 Å². The predicted octanol–water partition coefficient (Wildman–Crippen LogP) is 1.57. The zero-order valence-corrected chi connectivity index (χ0v) is 10.4. The minimum absolute atomic E-state index is 0. The number of halogens is 1. The van der Waals surface area contributed by atoms with Gasteiger partial charge in [-0.05, 0) is 13.0 Å². The number of nitrogen functional groups attached to an aromatic ring is 1. The van der Waals surface area contributed by atoms with E-state index in [0.717, 1.165) is 19.4 Å². The summed E-state index contributed by atoms with van der Waals surface area (Å²) in [5, 5.41) is 15.1. The molecule has 88 valence electrons. The summed E-state index contributed by atoms with van der Waals surface area (Å²) in [4.78, 5) is 4.02. The maximum atomic E-state index is 9.66. The zero-order valence-electron chi connectivity index (χ0n) is 8.77. The van der Waals surface area contributed by atoms with Gasteiger partial charge in [-0.1, -0.05) is 13.3 Å². The second-order valence-corrected chi connectivity index (χ2v) is 4.07. The Kier molecular flexibility index (Phi) is 7.68. The van der Waals surface area contributed by atoms with Crippen molar-refractivity contribution in [3.05, 3.63) is 11.1 Å². The van der Waals surface area contributed by atoms with E-state index in [2.05, 4.69) is 17.2 Å². The second-order valence-electron chi connectivity index (χ2n) is 3.18. The van der Waals surface area contributed by atoms with Gasteiger partial charge in [-0.25, -0.2) is 4.98 Å². The van der Waals surface area contributed by atoms with Crippen LogP contribution in [-0.2, 0) is 0 Å². The molecule has 0 bridgehead atoms. The van der Waals surface area contributed by atoms with Crippen molar-refractivity contribution in [1.29, 1.82) is 0 Å². The molecule has 0 saturated carbocycles. The van der Waals surface area contributed by atoms with Crippen LogP contribution in [0.1, 0.15) is 31.6 Å². The number of thiazole rings is 1. The predicted molar refractivity (Wildman–Crippen MR) is 66.5 cm³/mol. The van der Waals surface area contributed by atoms with Crippen LogP contribution in [0.4, 0.5) is 5.13 Å². The largest absolute Gasteiger partial charge is 0.385 e. The van der Waals surface area contributed by atoms with E-state index in [0.29, 0.717) is 17.4 Å². The molecule has 0 spiro atoms. The van der Waals surface area contributed by atoms with Crippen molar-refractivity contribution in [1.82, 2.24) is 10.3 Å². The lowest BCUT2D eigenvalue weighted by Gasteiger charge is -2.08. The van der Waals surface area contributed by atoms with E-state index in [1.807, 2.05) is 0 Å². The number of rotatable bonds is 6. The number of hydrogen-bond donors (Lipinski definition) is 3. The molecule has 0 radical (unpaired) electrons. The molecule has 0 amide bonds. The molecule has 0 saturated heterocycles. The molecule has 0 aromatic carbocycles. The van der Waals surface area contributed by atoms with Gasteiger partial charge in [0.05, 0.1) is 5.69 Å². The lowest BCUT2D eigenvalue weighted by molar-refractivity contribution is 0.171. The van der Waals surface area contributed by atoms with Crippen molar-refractivity contribution in [2.45, 2.75) is 25.9 Å². The molecule has 1 rings (SSSR count). The van der Waals surface area contributed by atoms with Gasteiger partial charge in [0.25, 0.3) is 0 Å². The average Bonchev–Trinajstić information content (AvgIpc) is 2.59. The van der Waals surface area contributed by atoms with Crippen LogP contribution in [-0.4, -0.2) is 23.2 Å². The molecule has 6 heteroatoms. The van der Waals surface area contributed by atoms with Gasteiger partial charge in [0.2, 0.25) is 0 Å². The van der Waals surface area contributed by atoms with Crippen molar-refractivity contribution < 1.29 is 5.11 Å². The first-order valence-corrected chi connectivity index (χ1v) is 5.71. The number of unbranched alkanes of at least 4 members (excludes halogenated alkanes) is 1. The van der Waals surface area contributed by atoms with Gasteiger partial charge >= 0.3 is 0 Å². The molecule has 1 aromatic rings. The summed E-state index contributed by atoms with van der Waals surface area (Å²) in [5.74, 6) is 0. The first-order chi connectivity index (χ1) is 6.74. The van der Waals surface area contributed by atoms with E-state index in [1.54, 1.807) is 5.38 Å². The lowest BCUT2D eigenvalue weighted by Crippen LogP contribution is -2.22. The van der Waals surface area contributed by atoms with Crippen LogP contribution >= 0.6 is 23.7 Å². The maximum Gasteiger partial charge on any atom is 0.180 e. The summed E-state index contributed by atoms with van der Waals surface area (Å²) in [6.07, 6.45) is 1.75. The molecule has 0 unspecified atom stereocenters. The van der Waals surface area contributed by atoms with Crippen LogP contribution < -0.4 is 11.1 Å². The smallest absolute Gasteiger partial charge is 0.180 e. The van der Waals surface area contributed by atoms with Gasteiger partial charge in [-0.3, -0.25) is 0 Å². The van der Waals surface area contributed by atoms with Crippen molar-refractivity contribution in [3.8, 4) is 0 Å². The minimum Gasteiger partial charge on any atom is -0.385 e. The van der Waals surface area contributed by atoms with Crippen LogP contribution in [0, 0.1) is 0 Å². The van der Waals surface area contributed by atoms with Crippen LogP contribution in [0.25, 0.3) is 0 Å². The number of nitrogens with one attached hydrogen (secondary N) is 1. The Morgan fingerprint density at radius 2 is 2.40 bits per heavy atom. The Balaban J connectivity index is 0.00000196. The van der Waals surface area contributed by atoms with Crippen LogP contribution in [0.3, 0.4) is 0 Å². The number of hydrogen-bond acceptors (Lipinski definition) is 5. The highest BCUT2D eigenvalue weighted by molar-refractivity contribution is 7.13. The summed E-state index contributed by atoms with van der Waals surface area (Å²) >= 11 is 1.36. The first kappa shape index (κ1) is 14.6. The molecule has 0 fully saturated rings. The van der Waals surface area contributed by atoms with Crippen molar-refractivity contribution in [2.75, 3.05) is 18.8 Å². The van der Waals surface area contributed by atoms with Crippen LogP contribution in [0.2, 0.25) is 0 Å². The summed E-state index contributed by atoms with van der Waals surface area (Å²) in [7, 11) is 0. The van der Waals surface area contributed by atoms with E-state index >= 15 is 0 Å². The quantitative estimate of drug-likeness (QED) is 0.672. The SMILES string of the molecule is CCCCNC[C@H](O)c1csc(N)n1.Cl. The molecule has 0 aliphatic carbocycles. The number of nitrogens with zero attached hydrogens (tertiary/aromatic N) is 1. The summed E-state index contributed by atoms with van der Waals surface area (Å²) in [6.45, 7) is 3.62. The van der Waals surface area contributed by atoms with Crippen molar-refractivity contribution >= 4 is 28.9 Å².